The van der Waals surface area contributed by atoms with Crippen LogP contribution in [-0.4, -0.2) is 21.4 Å². The van der Waals surface area contributed by atoms with Crippen molar-refractivity contribution in [3.8, 4) is 0 Å². The number of rotatable bonds is 5. The monoisotopic (exact) mass is 252 g/mol. The Morgan fingerprint density at radius 1 is 1.53 bits per heavy atom. The number of nitrogens with two attached hydrogens (primary N) is 2. The molecule has 1 amide bonds. The third-order valence-corrected chi connectivity index (χ3v) is 2.40. The van der Waals surface area contributed by atoms with E-state index in [2.05, 4.69) is 10.3 Å². The Balaban J connectivity index is 2.95. The van der Waals surface area contributed by atoms with Crippen LogP contribution in [0.4, 0.5) is 5.69 Å². The van der Waals surface area contributed by atoms with Gasteiger partial charge >= 0.3 is 0 Å². The molecule has 0 aliphatic rings. The maximum absolute atomic E-state index is 10.9. The Hall–Kier alpha value is -1.69. The Morgan fingerprint density at radius 3 is 2.71 bits per heavy atom. The van der Waals surface area contributed by atoms with Gasteiger partial charge in [0, 0.05) is 23.7 Å². The first-order chi connectivity index (χ1) is 7.82. The molecule has 5 N–H and O–H groups in total. The van der Waals surface area contributed by atoms with Gasteiger partial charge in [-0.25, -0.2) is 0 Å². The van der Waals surface area contributed by atoms with Crippen LogP contribution < -0.4 is 16.8 Å². The van der Waals surface area contributed by atoms with Crippen molar-refractivity contribution in [1.29, 1.82) is 0 Å². The predicted molar refractivity (Wildman–Crippen MR) is 71.6 cm³/mol. The molecule has 0 atom stereocenters. The second kappa shape index (κ2) is 5.09. The molecule has 0 aliphatic heterocycles. The Labute approximate surface area is 106 Å². The van der Waals surface area contributed by atoms with Crippen LogP contribution in [-0.2, 0) is 4.79 Å². The summed E-state index contributed by atoms with van der Waals surface area (Å²) in [5.41, 5.74) is 11.7. The fourth-order valence-corrected chi connectivity index (χ4v) is 1.73. The minimum Gasteiger partial charge on any atom is -0.389 e. The van der Waals surface area contributed by atoms with Crippen LogP contribution >= 0.6 is 12.2 Å². The lowest BCUT2D eigenvalue weighted by molar-refractivity contribution is -0.118. The highest BCUT2D eigenvalue weighted by Gasteiger charge is 2.21. The lowest BCUT2D eigenvalue weighted by Crippen LogP contribution is -2.36. The Bertz CT molecular complexity index is 445. The van der Waals surface area contributed by atoms with Crippen molar-refractivity contribution < 1.29 is 4.79 Å². The molecule has 1 aromatic heterocycles. The van der Waals surface area contributed by atoms with Gasteiger partial charge in [0.25, 0.3) is 0 Å². The van der Waals surface area contributed by atoms with Crippen molar-refractivity contribution >= 4 is 28.8 Å². The summed E-state index contributed by atoms with van der Waals surface area (Å²) in [6.07, 6.45) is 3.44. The minimum absolute atomic E-state index is 0.207. The normalized spacial score (nSPS) is 10.9. The molecule has 1 aromatic rings. The smallest absolute Gasteiger partial charge is 0.219 e. The van der Waals surface area contributed by atoms with E-state index in [0.717, 1.165) is 0 Å². The number of nitrogens with one attached hydrogen (secondary N) is 1. The summed E-state index contributed by atoms with van der Waals surface area (Å²) >= 11 is 4.94. The highest BCUT2D eigenvalue weighted by molar-refractivity contribution is 7.80. The molecule has 0 fully saturated rings. The molecule has 0 unspecified atom stereocenters. The van der Waals surface area contributed by atoms with Crippen molar-refractivity contribution in [2.75, 3.05) is 5.32 Å². The molecule has 0 saturated carbocycles. The van der Waals surface area contributed by atoms with Gasteiger partial charge in [-0.3, -0.25) is 9.78 Å². The van der Waals surface area contributed by atoms with Crippen molar-refractivity contribution in [1.82, 2.24) is 4.98 Å². The standard InChI is InChI=1S/C11H16N4OS/c1-11(2,5-9(12)16)15-8-6-14-4-3-7(8)10(13)17/h3-4,6,15H,5H2,1-2H3,(H2,12,16)(H2,13,17). The lowest BCUT2D eigenvalue weighted by atomic mass is 9.99. The average molecular weight is 252 g/mol. The van der Waals surface area contributed by atoms with Gasteiger partial charge in [-0.1, -0.05) is 12.2 Å². The Kier molecular flexibility index (Phi) is 4.01. The molecule has 0 aliphatic carbocycles. The Morgan fingerprint density at radius 2 is 2.18 bits per heavy atom. The fourth-order valence-electron chi connectivity index (χ4n) is 1.55. The molecule has 0 spiro atoms. The fraction of sp³-hybridized carbons (Fsp3) is 0.364. The zero-order valence-electron chi connectivity index (χ0n) is 9.86. The number of hydrogen-bond acceptors (Lipinski definition) is 4. The predicted octanol–water partition coefficient (Wildman–Crippen LogP) is 0.782. The van der Waals surface area contributed by atoms with Crippen molar-refractivity contribution in [3.05, 3.63) is 24.0 Å². The third kappa shape index (κ3) is 3.99. The third-order valence-electron chi connectivity index (χ3n) is 2.18. The number of primary amides is 1. The van der Waals surface area contributed by atoms with E-state index >= 15 is 0 Å². The second-order valence-corrected chi connectivity index (χ2v) is 4.88. The molecule has 0 aromatic carbocycles. The zero-order valence-corrected chi connectivity index (χ0v) is 10.7. The van der Waals surface area contributed by atoms with E-state index in [0.29, 0.717) is 11.3 Å². The van der Waals surface area contributed by atoms with Gasteiger partial charge in [-0.2, -0.15) is 0 Å². The van der Waals surface area contributed by atoms with Gasteiger partial charge < -0.3 is 16.8 Å². The number of carbonyl (C=O) groups is 1. The molecule has 1 rings (SSSR count). The molecule has 5 nitrogen and oxygen atoms in total. The van der Waals surface area contributed by atoms with Crippen molar-refractivity contribution in [2.24, 2.45) is 11.5 Å². The van der Waals surface area contributed by atoms with E-state index in [1.807, 2.05) is 13.8 Å². The number of aromatic nitrogens is 1. The minimum atomic E-state index is -0.478. The number of carbonyl (C=O) groups excluding carboxylic acids is 1. The maximum atomic E-state index is 10.9. The van der Waals surface area contributed by atoms with E-state index in [-0.39, 0.29) is 17.3 Å². The molecule has 0 bridgehead atoms. The molecular weight excluding hydrogens is 236 g/mol. The van der Waals surface area contributed by atoms with E-state index in [4.69, 9.17) is 23.7 Å². The molecule has 0 radical (unpaired) electrons. The van der Waals surface area contributed by atoms with E-state index in [9.17, 15) is 4.79 Å². The molecule has 92 valence electrons. The number of hydrogen-bond donors (Lipinski definition) is 3. The molecule has 0 saturated heterocycles. The summed E-state index contributed by atoms with van der Waals surface area (Å²) < 4.78 is 0. The highest BCUT2D eigenvalue weighted by atomic mass is 32.1. The van der Waals surface area contributed by atoms with E-state index < -0.39 is 5.54 Å². The summed E-state index contributed by atoms with van der Waals surface area (Å²) in [6, 6.07) is 1.73. The van der Waals surface area contributed by atoms with Crippen molar-refractivity contribution in [2.45, 2.75) is 25.8 Å². The van der Waals surface area contributed by atoms with Gasteiger partial charge in [0.2, 0.25) is 5.91 Å². The lowest BCUT2D eigenvalue weighted by Gasteiger charge is -2.27. The van der Waals surface area contributed by atoms with Crippen LogP contribution in [0.1, 0.15) is 25.8 Å². The van der Waals surface area contributed by atoms with Crippen molar-refractivity contribution in [3.63, 3.8) is 0 Å². The number of amides is 1. The number of anilines is 1. The van der Waals surface area contributed by atoms with Crippen LogP contribution in [0.3, 0.4) is 0 Å². The summed E-state index contributed by atoms with van der Waals surface area (Å²) in [7, 11) is 0. The van der Waals surface area contributed by atoms with Crippen LogP contribution in [0.2, 0.25) is 0 Å². The molecule has 17 heavy (non-hydrogen) atoms. The van der Waals surface area contributed by atoms with Crippen LogP contribution in [0.5, 0.6) is 0 Å². The topological polar surface area (TPSA) is 94.0 Å². The molecular formula is C11H16N4OS. The first-order valence-electron chi connectivity index (χ1n) is 5.12. The summed E-state index contributed by atoms with van der Waals surface area (Å²) in [6.45, 7) is 3.74. The summed E-state index contributed by atoms with van der Waals surface area (Å²) in [4.78, 5) is 15.2. The zero-order chi connectivity index (χ0) is 13.1. The first kappa shape index (κ1) is 13.4. The van der Waals surface area contributed by atoms with E-state index in [1.165, 1.54) is 0 Å². The summed E-state index contributed by atoms with van der Waals surface area (Å²) in [5.74, 6) is -0.372. The van der Waals surface area contributed by atoms with Crippen LogP contribution in [0.15, 0.2) is 18.5 Å². The number of nitrogens with zero attached hydrogens (tertiary/aromatic N) is 1. The molecule has 6 heteroatoms. The summed E-state index contributed by atoms with van der Waals surface area (Å²) in [5, 5.41) is 3.17. The van der Waals surface area contributed by atoms with E-state index in [1.54, 1.807) is 18.5 Å². The van der Waals surface area contributed by atoms with Crippen LogP contribution in [0.25, 0.3) is 0 Å². The molecule has 1 heterocycles. The first-order valence-corrected chi connectivity index (χ1v) is 5.53. The number of pyridine rings is 1. The highest BCUT2D eigenvalue weighted by Crippen LogP contribution is 2.20. The average Bonchev–Trinajstić information content (AvgIpc) is 2.14. The van der Waals surface area contributed by atoms with Gasteiger partial charge in [-0.05, 0) is 19.9 Å². The quantitative estimate of drug-likeness (QED) is 0.673. The number of thiocarbonyl (C=S) groups is 1. The van der Waals surface area contributed by atoms with Gasteiger partial charge in [-0.15, -0.1) is 0 Å². The van der Waals surface area contributed by atoms with Gasteiger partial charge in [0.05, 0.1) is 11.9 Å². The SMILES string of the molecule is CC(C)(CC(N)=O)Nc1cnccc1C(N)=S. The van der Waals surface area contributed by atoms with Gasteiger partial charge in [0.15, 0.2) is 0 Å². The van der Waals surface area contributed by atoms with Gasteiger partial charge in [0.1, 0.15) is 4.99 Å². The second-order valence-electron chi connectivity index (χ2n) is 4.44. The maximum Gasteiger partial charge on any atom is 0.219 e. The largest absolute Gasteiger partial charge is 0.389 e. The van der Waals surface area contributed by atoms with Crippen LogP contribution in [0, 0.1) is 0 Å².